The number of benzene rings is 2. The zero-order valence-electron chi connectivity index (χ0n) is 12.1. The molecular formula is C17H20ClFN2. The maximum absolute atomic E-state index is 12.9. The Balaban J connectivity index is 0.00000161. The molecule has 0 fully saturated rings. The first kappa shape index (κ1) is 15.8. The lowest BCUT2D eigenvalue weighted by Gasteiger charge is -2.19. The number of hydrogen-bond donors (Lipinski definition) is 1. The average molecular weight is 307 g/mol. The van der Waals surface area contributed by atoms with Crippen LogP contribution in [0, 0.1) is 5.82 Å². The molecule has 1 heterocycles. The fraction of sp³-hybridized carbons (Fsp3) is 0.294. The van der Waals surface area contributed by atoms with Crippen molar-refractivity contribution in [1.82, 2.24) is 4.90 Å². The number of fused-ring (bicyclic) bond motifs is 1. The molecule has 0 bridgehead atoms. The van der Waals surface area contributed by atoms with Gasteiger partial charge in [-0.2, -0.15) is 0 Å². The van der Waals surface area contributed by atoms with E-state index < -0.39 is 0 Å². The van der Waals surface area contributed by atoms with Gasteiger partial charge < -0.3 is 5.32 Å². The highest BCUT2D eigenvalue weighted by Gasteiger charge is 2.14. The molecule has 0 unspecified atom stereocenters. The maximum atomic E-state index is 12.9. The molecule has 1 N–H and O–H groups in total. The van der Waals surface area contributed by atoms with Gasteiger partial charge in [0.25, 0.3) is 0 Å². The van der Waals surface area contributed by atoms with Crippen LogP contribution in [-0.4, -0.2) is 18.5 Å². The quantitative estimate of drug-likeness (QED) is 0.923. The van der Waals surface area contributed by atoms with Gasteiger partial charge in [-0.15, -0.1) is 12.4 Å². The maximum Gasteiger partial charge on any atom is 0.123 e. The summed E-state index contributed by atoms with van der Waals surface area (Å²) in [6, 6.07) is 13.2. The minimum atomic E-state index is -0.179. The minimum Gasteiger partial charge on any atom is -0.384 e. The average Bonchev–Trinajstić information content (AvgIpc) is 2.91. The Morgan fingerprint density at radius 3 is 2.62 bits per heavy atom. The number of halogens is 2. The van der Waals surface area contributed by atoms with Crippen LogP contribution in [0.2, 0.25) is 0 Å². The Bertz CT molecular complexity index is 598. The van der Waals surface area contributed by atoms with Crippen LogP contribution >= 0.6 is 12.4 Å². The first-order chi connectivity index (χ1) is 9.72. The van der Waals surface area contributed by atoms with Gasteiger partial charge in [0.15, 0.2) is 0 Å². The van der Waals surface area contributed by atoms with Gasteiger partial charge in [0.1, 0.15) is 5.82 Å². The van der Waals surface area contributed by atoms with Gasteiger partial charge in [0.2, 0.25) is 0 Å². The van der Waals surface area contributed by atoms with E-state index in [0.717, 1.165) is 31.6 Å². The molecule has 0 saturated heterocycles. The summed E-state index contributed by atoms with van der Waals surface area (Å²) in [7, 11) is 2.09. The van der Waals surface area contributed by atoms with Crippen LogP contribution in [0.15, 0.2) is 42.5 Å². The summed E-state index contributed by atoms with van der Waals surface area (Å²) in [6.07, 6.45) is 1.12. The van der Waals surface area contributed by atoms with Crippen molar-refractivity contribution >= 4 is 18.1 Å². The highest BCUT2D eigenvalue weighted by Crippen LogP contribution is 2.27. The monoisotopic (exact) mass is 306 g/mol. The molecule has 1 aliphatic rings. The molecule has 1 aliphatic heterocycles. The topological polar surface area (TPSA) is 15.3 Å². The van der Waals surface area contributed by atoms with E-state index in [1.165, 1.54) is 28.9 Å². The molecule has 0 amide bonds. The van der Waals surface area contributed by atoms with Crippen LogP contribution in [0.5, 0.6) is 0 Å². The number of hydrogen-bond acceptors (Lipinski definition) is 2. The highest BCUT2D eigenvalue weighted by atomic mass is 35.5. The van der Waals surface area contributed by atoms with Crippen molar-refractivity contribution in [2.45, 2.75) is 19.5 Å². The Kier molecular flexibility index (Phi) is 5.21. The number of para-hydroxylation sites is 1. The minimum absolute atomic E-state index is 0. The standard InChI is InChI=1S/C17H19FN2.ClH/c1-20(11-13-5-7-16(18)8-6-13)12-15-4-2-3-14-9-10-19-17(14)15;/h2-8,19H,9-12H2,1H3;1H. The number of anilines is 1. The van der Waals surface area contributed by atoms with Crippen molar-refractivity contribution < 1.29 is 4.39 Å². The Morgan fingerprint density at radius 2 is 1.86 bits per heavy atom. The zero-order chi connectivity index (χ0) is 13.9. The fourth-order valence-electron chi connectivity index (χ4n) is 2.79. The van der Waals surface area contributed by atoms with E-state index in [0.29, 0.717) is 0 Å². The SMILES string of the molecule is CN(Cc1ccc(F)cc1)Cc1cccc2c1NCC2.Cl. The van der Waals surface area contributed by atoms with Gasteiger partial charge in [0, 0.05) is 25.3 Å². The van der Waals surface area contributed by atoms with Crippen LogP contribution in [0.4, 0.5) is 10.1 Å². The summed E-state index contributed by atoms with van der Waals surface area (Å²) < 4.78 is 12.9. The fourth-order valence-corrected chi connectivity index (χ4v) is 2.79. The van der Waals surface area contributed by atoms with E-state index in [4.69, 9.17) is 0 Å². The third-order valence-electron chi connectivity index (χ3n) is 3.74. The second-order valence-corrected chi connectivity index (χ2v) is 5.43. The molecule has 112 valence electrons. The first-order valence-corrected chi connectivity index (χ1v) is 7.00. The Hall–Kier alpha value is -1.58. The van der Waals surface area contributed by atoms with Gasteiger partial charge in [-0.05, 0) is 42.3 Å². The van der Waals surface area contributed by atoms with Gasteiger partial charge in [-0.1, -0.05) is 30.3 Å². The molecule has 0 aliphatic carbocycles. The molecule has 0 saturated carbocycles. The lowest BCUT2D eigenvalue weighted by Crippen LogP contribution is -2.18. The number of nitrogens with one attached hydrogen (secondary N) is 1. The van der Waals surface area contributed by atoms with Gasteiger partial charge >= 0.3 is 0 Å². The van der Waals surface area contributed by atoms with Crippen LogP contribution in [0.1, 0.15) is 16.7 Å². The summed E-state index contributed by atoms with van der Waals surface area (Å²) >= 11 is 0. The predicted molar refractivity (Wildman–Crippen MR) is 87.5 cm³/mol. The first-order valence-electron chi connectivity index (χ1n) is 7.00. The third kappa shape index (κ3) is 3.74. The summed E-state index contributed by atoms with van der Waals surface area (Å²) in [5.74, 6) is -0.179. The molecule has 21 heavy (non-hydrogen) atoms. The van der Waals surface area contributed by atoms with Crippen molar-refractivity contribution in [3.63, 3.8) is 0 Å². The summed E-state index contributed by atoms with van der Waals surface area (Å²) in [4.78, 5) is 2.25. The Labute approximate surface area is 131 Å². The highest BCUT2D eigenvalue weighted by molar-refractivity contribution is 5.85. The molecule has 0 spiro atoms. The van der Waals surface area contributed by atoms with Crippen LogP contribution in [0.25, 0.3) is 0 Å². The molecule has 0 radical (unpaired) electrons. The predicted octanol–water partition coefficient (Wildman–Crippen LogP) is 3.85. The molecule has 4 heteroatoms. The second kappa shape index (κ2) is 6.92. The molecule has 2 aromatic carbocycles. The van der Waals surface area contributed by atoms with Crippen LogP contribution < -0.4 is 5.32 Å². The molecule has 2 nitrogen and oxygen atoms in total. The molecule has 0 aromatic heterocycles. The molecule has 0 atom stereocenters. The van der Waals surface area contributed by atoms with Gasteiger partial charge in [-0.25, -0.2) is 4.39 Å². The van der Waals surface area contributed by atoms with Crippen LogP contribution in [0.3, 0.4) is 0 Å². The van der Waals surface area contributed by atoms with E-state index in [2.05, 4.69) is 35.5 Å². The third-order valence-corrected chi connectivity index (χ3v) is 3.74. The van der Waals surface area contributed by atoms with Crippen LogP contribution in [-0.2, 0) is 19.5 Å². The summed E-state index contributed by atoms with van der Waals surface area (Å²) in [6.45, 7) is 2.76. The number of rotatable bonds is 4. The summed E-state index contributed by atoms with van der Waals surface area (Å²) in [5, 5.41) is 3.47. The van der Waals surface area contributed by atoms with E-state index in [9.17, 15) is 4.39 Å². The van der Waals surface area contributed by atoms with E-state index in [1.54, 1.807) is 0 Å². The lowest BCUT2D eigenvalue weighted by molar-refractivity contribution is 0.319. The summed E-state index contributed by atoms with van der Waals surface area (Å²) in [5.41, 5.74) is 5.19. The van der Waals surface area contributed by atoms with Crippen molar-refractivity contribution in [2.24, 2.45) is 0 Å². The normalized spacial score (nSPS) is 12.7. The van der Waals surface area contributed by atoms with Crippen molar-refractivity contribution in [2.75, 3.05) is 18.9 Å². The van der Waals surface area contributed by atoms with Crippen molar-refractivity contribution in [3.05, 3.63) is 65.0 Å². The lowest BCUT2D eigenvalue weighted by atomic mass is 10.1. The second-order valence-electron chi connectivity index (χ2n) is 5.43. The van der Waals surface area contributed by atoms with Gasteiger partial charge in [-0.3, -0.25) is 4.90 Å². The van der Waals surface area contributed by atoms with Gasteiger partial charge in [0.05, 0.1) is 0 Å². The van der Waals surface area contributed by atoms with Crippen molar-refractivity contribution in [3.8, 4) is 0 Å². The Morgan fingerprint density at radius 1 is 1.10 bits per heavy atom. The smallest absolute Gasteiger partial charge is 0.123 e. The van der Waals surface area contributed by atoms with E-state index >= 15 is 0 Å². The number of nitrogens with zero attached hydrogens (tertiary/aromatic N) is 1. The largest absolute Gasteiger partial charge is 0.384 e. The zero-order valence-corrected chi connectivity index (χ0v) is 12.9. The van der Waals surface area contributed by atoms with Crippen molar-refractivity contribution in [1.29, 1.82) is 0 Å². The van der Waals surface area contributed by atoms with E-state index in [-0.39, 0.29) is 18.2 Å². The molecular weight excluding hydrogens is 287 g/mol. The molecule has 3 rings (SSSR count). The molecule has 2 aromatic rings. The van der Waals surface area contributed by atoms with E-state index in [1.807, 2.05) is 12.1 Å².